The number of nitrogens with zero attached hydrogens (tertiary/aromatic N) is 4. The molecule has 0 atom stereocenters. The Morgan fingerprint density at radius 3 is 1.28 bits per heavy atom. The molecule has 0 radical (unpaired) electrons. The second-order valence-electron chi connectivity index (χ2n) is 6.21. The number of nitrogens with two attached hydrogens (primary N) is 2. The smallest absolute Gasteiger partial charge is 0.394 e. The van der Waals surface area contributed by atoms with Crippen LogP contribution in [0.2, 0.25) is 0 Å². The van der Waals surface area contributed by atoms with Gasteiger partial charge in [0.25, 0.3) is 0 Å². The summed E-state index contributed by atoms with van der Waals surface area (Å²) >= 11 is 0. The molecule has 0 aromatic heterocycles. The summed E-state index contributed by atoms with van der Waals surface area (Å²) in [4.78, 5) is 0. The highest BCUT2D eigenvalue weighted by atomic mass is 32.3. The third kappa shape index (κ3) is 21.1. The number of nitrogens with one attached hydrogen (secondary N) is 2. The first-order chi connectivity index (χ1) is 18.5. The summed E-state index contributed by atoms with van der Waals surface area (Å²) in [6.07, 6.45) is 2.82. The van der Waals surface area contributed by atoms with Crippen LogP contribution in [0.3, 0.4) is 0 Å². The standard InChI is InChI=1S/2C10H14N4O3.H2O4S/c2*1-16-8-2-4-9(5-3-8)17-7-6-12-13-10(11)14-15;1-5(2,3)4/h2*2-6,15H,7H2,1H3,(H3,11,13,14);(H2,1,2,3,4)/b2*12-6+;. The summed E-state index contributed by atoms with van der Waals surface area (Å²) in [5.74, 6) is 2.52. The van der Waals surface area contributed by atoms with Crippen LogP contribution in [0.25, 0.3) is 0 Å². The molecule has 0 amide bonds. The Bertz CT molecular complexity index is 1070. The Morgan fingerprint density at radius 2 is 1.03 bits per heavy atom. The fourth-order valence-corrected chi connectivity index (χ4v) is 1.93. The fourth-order valence-electron chi connectivity index (χ4n) is 1.93. The highest BCUT2D eigenvalue weighted by Gasteiger charge is 1.94. The number of hydrogen-bond donors (Lipinski definition) is 8. The van der Waals surface area contributed by atoms with E-state index in [-0.39, 0.29) is 25.1 Å². The molecule has 0 saturated heterocycles. The highest BCUT2D eigenvalue weighted by molar-refractivity contribution is 7.79. The molecule has 2 aromatic rings. The van der Waals surface area contributed by atoms with Crippen molar-refractivity contribution in [3.05, 3.63) is 48.5 Å². The lowest BCUT2D eigenvalue weighted by atomic mass is 10.3. The lowest BCUT2D eigenvalue weighted by Gasteiger charge is -2.03. The maximum Gasteiger partial charge on any atom is 0.394 e. The van der Waals surface area contributed by atoms with Crippen molar-refractivity contribution < 1.29 is 46.9 Å². The molecule has 2 aromatic carbocycles. The van der Waals surface area contributed by atoms with Gasteiger partial charge in [-0.25, -0.2) is 11.0 Å². The summed E-state index contributed by atoms with van der Waals surface area (Å²) in [6, 6.07) is 14.3. The summed E-state index contributed by atoms with van der Waals surface area (Å²) < 4.78 is 52.2. The monoisotopic (exact) mass is 574 g/mol. The third-order valence-corrected chi connectivity index (χ3v) is 3.49. The maximum absolute atomic E-state index is 8.74. The van der Waals surface area contributed by atoms with Crippen molar-refractivity contribution in [1.82, 2.24) is 11.0 Å². The second kappa shape index (κ2) is 20.4. The molecule has 0 bridgehead atoms. The van der Waals surface area contributed by atoms with Gasteiger partial charge in [-0.2, -0.15) is 18.6 Å². The molecule has 0 aliphatic carbocycles. The van der Waals surface area contributed by atoms with E-state index in [1.807, 2.05) is 0 Å². The van der Waals surface area contributed by atoms with Gasteiger partial charge >= 0.3 is 10.4 Å². The highest BCUT2D eigenvalue weighted by Crippen LogP contribution is 2.17. The number of methoxy groups -OCH3 is 2. The van der Waals surface area contributed by atoms with Gasteiger partial charge in [-0.3, -0.25) is 19.5 Å². The molecule has 0 fully saturated rings. The number of rotatable bonds is 10. The molecular formula is C20H30N8O10S. The molecule has 0 heterocycles. The van der Waals surface area contributed by atoms with Crippen LogP contribution >= 0.6 is 0 Å². The van der Waals surface area contributed by atoms with Gasteiger partial charge in [0.2, 0.25) is 11.9 Å². The van der Waals surface area contributed by atoms with Crippen LogP contribution in [-0.4, -0.2) is 79.7 Å². The third-order valence-electron chi connectivity index (χ3n) is 3.49. The molecule has 10 N–H and O–H groups in total. The maximum atomic E-state index is 8.74. The molecule has 0 aliphatic rings. The van der Waals surface area contributed by atoms with Crippen LogP contribution in [0.4, 0.5) is 0 Å². The predicted molar refractivity (Wildman–Crippen MR) is 141 cm³/mol. The first-order valence-corrected chi connectivity index (χ1v) is 11.7. The van der Waals surface area contributed by atoms with Gasteiger partial charge in [0.05, 0.1) is 26.6 Å². The van der Waals surface area contributed by atoms with Gasteiger partial charge in [-0.1, -0.05) is 0 Å². The average Bonchev–Trinajstić information content (AvgIpc) is 2.92. The van der Waals surface area contributed by atoms with E-state index in [9.17, 15) is 0 Å². The van der Waals surface area contributed by atoms with Gasteiger partial charge in [-0.05, 0) is 48.5 Å². The number of guanidine groups is 2. The van der Waals surface area contributed by atoms with Crippen molar-refractivity contribution in [2.75, 3.05) is 27.4 Å². The Morgan fingerprint density at radius 1 is 0.744 bits per heavy atom. The molecule has 0 spiro atoms. The van der Waals surface area contributed by atoms with Gasteiger partial charge < -0.3 is 30.4 Å². The normalized spacial score (nSPS) is 11.5. The minimum atomic E-state index is -4.67. The molecular weight excluding hydrogens is 544 g/mol. The van der Waals surface area contributed by atoms with E-state index in [2.05, 4.69) is 20.4 Å². The number of ether oxygens (including phenoxy) is 4. The first kappa shape index (κ1) is 34.3. The number of hydrogen-bond acceptors (Lipinski definition) is 12. The topological polar surface area (TPSA) is 278 Å². The van der Waals surface area contributed by atoms with Crippen LogP contribution in [0.1, 0.15) is 0 Å². The molecule has 39 heavy (non-hydrogen) atoms. The Kier molecular flexibility index (Phi) is 17.9. The van der Waals surface area contributed by atoms with E-state index in [4.69, 9.17) is 58.4 Å². The predicted octanol–water partition coefficient (Wildman–Crippen LogP) is 0.0538. The average molecular weight is 575 g/mol. The van der Waals surface area contributed by atoms with E-state index in [1.54, 1.807) is 73.7 Å². The van der Waals surface area contributed by atoms with Crippen LogP contribution in [-0.2, 0) is 10.4 Å². The molecule has 0 aliphatic heterocycles. The Labute approximate surface area is 223 Å². The van der Waals surface area contributed by atoms with Crippen LogP contribution < -0.4 is 41.4 Å². The van der Waals surface area contributed by atoms with Gasteiger partial charge in [0.15, 0.2) is 0 Å². The largest absolute Gasteiger partial charge is 0.497 e. The Hall–Kier alpha value is -4.69. The van der Waals surface area contributed by atoms with Crippen molar-refractivity contribution in [2.24, 2.45) is 31.9 Å². The lowest BCUT2D eigenvalue weighted by molar-refractivity contribution is 0.232. The van der Waals surface area contributed by atoms with Crippen molar-refractivity contribution in [1.29, 1.82) is 0 Å². The van der Waals surface area contributed by atoms with Crippen molar-refractivity contribution in [2.45, 2.75) is 0 Å². The van der Waals surface area contributed by atoms with E-state index < -0.39 is 10.4 Å². The van der Waals surface area contributed by atoms with Crippen molar-refractivity contribution >= 4 is 34.7 Å². The first-order valence-electron chi connectivity index (χ1n) is 10.3. The number of benzene rings is 2. The summed E-state index contributed by atoms with van der Waals surface area (Å²) in [5.41, 5.74) is 13.5. The summed E-state index contributed by atoms with van der Waals surface area (Å²) in [7, 11) is -1.47. The van der Waals surface area contributed by atoms with Gasteiger partial charge in [0, 0.05) is 0 Å². The molecule has 19 heteroatoms. The molecule has 0 unspecified atom stereocenters. The summed E-state index contributed by atoms with van der Waals surface area (Å²) in [6.45, 7) is 0.489. The van der Waals surface area contributed by atoms with E-state index in [0.717, 1.165) is 11.5 Å². The zero-order valence-electron chi connectivity index (χ0n) is 20.8. The zero-order valence-corrected chi connectivity index (χ0v) is 21.6. The fraction of sp³-hybridized carbons (Fsp3) is 0.200. The van der Waals surface area contributed by atoms with Gasteiger partial charge in [0.1, 0.15) is 36.2 Å². The van der Waals surface area contributed by atoms with Crippen LogP contribution in [0, 0.1) is 0 Å². The molecule has 2 rings (SSSR count). The van der Waals surface area contributed by atoms with E-state index in [1.165, 1.54) is 12.4 Å². The quantitative estimate of drug-likeness (QED) is 0.0806. The minimum Gasteiger partial charge on any atom is -0.497 e. The second-order valence-corrected chi connectivity index (χ2v) is 7.11. The van der Waals surface area contributed by atoms with E-state index >= 15 is 0 Å². The summed E-state index contributed by atoms with van der Waals surface area (Å²) in [5, 5.41) is 30.5. The Balaban J connectivity index is 0.000000632. The van der Waals surface area contributed by atoms with Crippen molar-refractivity contribution in [3.8, 4) is 23.0 Å². The number of hydroxylamine groups is 2. The minimum absolute atomic E-state index is 0.189. The van der Waals surface area contributed by atoms with Crippen LogP contribution in [0.15, 0.2) is 68.9 Å². The van der Waals surface area contributed by atoms with Gasteiger partial charge in [-0.15, -0.1) is 10.2 Å². The van der Waals surface area contributed by atoms with Crippen molar-refractivity contribution in [3.63, 3.8) is 0 Å². The SMILES string of the molecule is COc1ccc(OC/C=N/N=C(/N)NO)cc1.COc1ccc(OC/C=N/N=C(/N)NO)cc1.O=S(=O)(O)O. The lowest BCUT2D eigenvalue weighted by Crippen LogP contribution is -2.27. The molecule has 216 valence electrons. The zero-order chi connectivity index (χ0) is 29.5. The molecule has 0 saturated carbocycles. The van der Waals surface area contributed by atoms with E-state index in [0.29, 0.717) is 11.5 Å². The van der Waals surface area contributed by atoms with Crippen LogP contribution in [0.5, 0.6) is 23.0 Å². The molecule has 18 nitrogen and oxygen atoms in total.